The molecule has 3 aliphatic heterocycles. The predicted octanol–water partition coefficient (Wildman–Crippen LogP) is 5.11. The smallest absolute Gasteiger partial charge is 0.256 e. The van der Waals surface area contributed by atoms with Crippen LogP contribution in [0.3, 0.4) is 0 Å². The molecule has 2 saturated heterocycles. The summed E-state index contributed by atoms with van der Waals surface area (Å²) in [6.45, 7) is 11.3. The summed E-state index contributed by atoms with van der Waals surface area (Å²) in [5, 5.41) is 0.670. The molecule has 3 heterocycles. The van der Waals surface area contributed by atoms with Crippen LogP contribution < -0.4 is 0 Å². The van der Waals surface area contributed by atoms with Crippen LogP contribution in [-0.2, 0) is 19.1 Å². The van der Waals surface area contributed by atoms with Gasteiger partial charge in [0.25, 0.3) is 5.91 Å². The standard InChI is InChI=1S/C36H51ClN4O4/c1-6-38(5)33(43)30-20-27(41(34(44)31-8-7-19-45-31)26-13-15-36(16-14-26)17-18-36)21-40(30)32(42)29-23-39(35(2,3)4)22-28(29)24-9-11-25(37)12-10-24/h7-12,26-31H,6,13-23H2,1-5H3/t27-,28-,29+,30-,31-/m0/s1. The largest absolute Gasteiger partial charge is 0.360 e. The number of likely N-dealkylation sites (tertiary alicyclic amines) is 2. The lowest BCUT2D eigenvalue weighted by molar-refractivity contribution is -0.146. The fourth-order valence-corrected chi connectivity index (χ4v) is 8.41. The number of nitrogens with zero attached hydrogens (tertiary/aromatic N) is 4. The number of likely N-dealkylation sites (N-methyl/N-ethyl adjacent to an activating group) is 1. The lowest BCUT2D eigenvalue weighted by atomic mass is 9.82. The van der Waals surface area contributed by atoms with Crippen molar-refractivity contribution in [3.8, 4) is 0 Å². The Morgan fingerprint density at radius 3 is 2.24 bits per heavy atom. The van der Waals surface area contributed by atoms with E-state index >= 15 is 0 Å². The number of rotatable bonds is 7. The van der Waals surface area contributed by atoms with Gasteiger partial charge in [0.1, 0.15) is 6.04 Å². The molecule has 8 nitrogen and oxygen atoms in total. The van der Waals surface area contributed by atoms with Crippen molar-refractivity contribution in [2.24, 2.45) is 11.3 Å². The molecule has 5 aliphatic rings. The molecule has 4 fully saturated rings. The van der Waals surface area contributed by atoms with E-state index in [9.17, 15) is 14.4 Å². The zero-order chi connectivity index (χ0) is 32.1. The maximum atomic E-state index is 14.8. The molecule has 0 bridgehead atoms. The van der Waals surface area contributed by atoms with Gasteiger partial charge >= 0.3 is 0 Å². The Morgan fingerprint density at radius 2 is 1.67 bits per heavy atom. The maximum absolute atomic E-state index is 14.8. The van der Waals surface area contributed by atoms with Crippen molar-refractivity contribution in [2.75, 3.05) is 39.8 Å². The molecule has 3 amide bonds. The quantitative estimate of drug-likeness (QED) is 0.388. The van der Waals surface area contributed by atoms with Crippen molar-refractivity contribution in [2.45, 2.75) is 108 Å². The topological polar surface area (TPSA) is 73.4 Å². The molecule has 0 unspecified atom stereocenters. The molecule has 2 aliphatic carbocycles. The molecular formula is C36H51ClN4O4. The fraction of sp³-hybridized carbons (Fsp3) is 0.694. The van der Waals surface area contributed by atoms with Crippen LogP contribution in [0, 0.1) is 11.3 Å². The molecule has 246 valence electrons. The average Bonchev–Trinajstić information content (AvgIpc) is 3.46. The summed E-state index contributed by atoms with van der Waals surface area (Å²) in [5.41, 5.74) is 1.47. The summed E-state index contributed by atoms with van der Waals surface area (Å²) < 4.78 is 5.83. The minimum Gasteiger partial charge on any atom is -0.360 e. The first kappa shape index (κ1) is 32.5. The minimum atomic E-state index is -0.601. The number of ether oxygens (including phenoxy) is 1. The van der Waals surface area contributed by atoms with Gasteiger partial charge in [-0.1, -0.05) is 29.8 Å². The third-order valence-corrected chi connectivity index (χ3v) is 11.8. The van der Waals surface area contributed by atoms with Crippen molar-refractivity contribution in [3.05, 3.63) is 47.0 Å². The summed E-state index contributed by atoms with van der Waals surface area (Å²) in [7, 11) is 1.81. The molecule has 0 radical (unpaired) electrons. The van der Waals surface area contributed by atoms with Crippen LogP contribution in [0.25, 0.3) is 0 Å². The van der Waals surface area contributed by atoms with Crippen LogP contribution in [0.4, 0.5) is 0 Å². The Hall–Kier alpha value is -2.42. The van der Waals surface area contributed by atoms with Crippen LogP contribution in [0.1, 0.15) is 84.1 Å². The van der Waals surface area contributed by atoms with E-state index in [4.69, 9.17) is 16.3 Å². The Morgan fingerprint density at radius 1 is 0.978 bits per heavy atom. The van der Waals surface area contributed by atoms with Crippen LogP contribution in [0.5, 0.6) is 0 Å². The third-order valence-electron chi connectivity index (χ3n) is 11.5. The monoisotopic (exact) mass is 638 g/mol. The number of amides is 3. The van der Waals surface area contributed by atoms with Gasteiger partial charge in [0.2, 0.25) is 11.8 Å². The predicted molar refractivity (Wildman–Crippen MR) is 176 cm³/mol. The number of halogens is 1. The van der Waals surface area contributed by atoms with Crippen molar-refractivity contribution >= 4 is 29.3 Å². The second-order valence-electron chi connectivity index (χ2n) is 15.2. The maximum Gasteiger partial charge on any atom is 0.256 e. The molecule has 1 aromatic rings. The van der Waals surface area contributed by atoms with Crippen molar-refractivity contribution < 1.29 is 19.1 Å². The third kappa shape index (κ3) is 6.57. The van der Waals surface area contributed by atoms with Gasteiger partial charge in [-0.2, -0.15) is 0 Å². The molecular weight excluding hydrogens is 588 g/mol. The number of carbonyl (C=O) groups excluding carboxylic acids is 3. The molecule has 1 aromatic carbocycles. The van der Waals surface area contributed by atoms with Gasteiger partial charge in [0.05, 0.1) is 18.6 Å². The average molecular weight is 639 g/mol. The summed E-state index contributed by atoms with van der Waals surface area (Å²) in [6, 6.07) is 7.12. The van der Waals surface area contributed by atoms with Crippen molar-refractivity contribution in [3.63, 3.8) is 0 Å². The summed E-state index contributed by atoms with van der Waals surface area (Å²) >= 11 is 6.25. The van der Waals surface area contributed by atoms with E-state index in [0.29, 0.717) is 43.1 Å². The first-order chi connectivity index (χ1) is 21.4. The summed E-state index contributed by atoms with van der Waals surface area (Å²) in [5.74, 6) is -0.380. The second-order valence-corrected chi connectivity index (χ2v) is 15.7. The molecule has 1 spiro atoms. The lowest BCUT2D eigenvalue weighted by Crippen LogP contribution is -2.53. The Bertz CT molecular complexity index is 1290. The Kier molecular flexibility index (Phi) is 9.14. The molecule has 5 atom stereocenters. The number of hydrogen-bond donors (Lipinski definition) is 0. The van der Waals surface area contributed by atoms with E-state index in [1.165, 1.54) is 12.8 Å². The van der Waals surface area contributed by atoms with E-state index in [0.717, 1.165) is 37.8 Å². The highest BCUT2D eigenvalue weighted by Gasteiger charge is 2.52. The Labute approximate surface area is 274 Å². The van der Waals surface area contributed by atoms with Gasteiger partial charge < -0.3 is 19.4 Å². The van der Waals surface area contributed by atoms with Crippen LogP contribution in [-0.4, -0.2) is 107 Å². The first-order valence-corrected chi connectivity index (χ1v) is 17.4. The van der Waals surface area contributed by atoms with Gasteiger partial charge in [-0.15, -0.1) is 0 Å². The molecule has 2 saturated carbocycles. The van der Waals surface area contributed by atoms with E-state index < -0.39 is 12.1 Å². The molecule has 9 heteroatoms. The molecule has 45 heavy (non-hydrogen) atoms. The van der Waals surface area contributed by atoms with Gasteiger partial charge in [-0.3, -0.25) is 19.3 Å². The van der Waals surface area contributed by atoms with Crippen LogP contribution >= 0.6 is 11.6 Å². The zero-order valence-electron chi connectivity index (χ0n) is 27.7. The Balaban J connectivity index is 1.31. The number of carbonyl (C=O) groups is 3. The van der Waals surface area contributed by atoms with Crippen LogP contribution in [0.2, 0.25) is 5.02 Å². The van der Waals surface area contributed by atoms with Crippen molar-refractivity contribution in [1.82, 2.24) is 19.6 Å². The van der Waals surface area contributed by atoms with Gasteiger partial charge in [0.15, 0.2) is 6.10 Å². The van der Waals surface area contributed by atoms with E-state index in [-0.39, 0.29) is 47.2 Å². The van der Waals surface area contributed by atoms with Gasteiger partial charge in [0, 0.05) is 55.7 Å². The molecule has 6 rings (SSSR count). The molecule has 0 aromatic heterocycles. The van der Waals surface area contributed by atoms with Crippen LogP contribution in [0.15, 0.2) is 36.4 Å². The van der Waals surface area contributed by atoms with E-state index in [2.05, 4.69) is 30.6 Å². The SMILES string of the molecule is CCN(C)C(=O)[C@@H]1C[C@H](N(C(=O)[C@@H]2C=CCO2)C2CCC3(CC2)CC3)CN1C(=O)[C@@H]1CN(C(C)(C)C)C[C@H]1c1ccc(Cl)cc1. The highest BCUT2D eigenvalue weighted by atomic mass is 35.5. The zero-order valence-corrected chi connectivity index (χ0v) is 28.5. The van der Waals surface area contributed by atoms with Gasteiger partial charge in [-0.25, -0.2) is 0 Å². The number of benzene rings is 1. The first-order valence-electron chi connectivity index (χ1n) is 17.1. The summed E-state index contributed by atoms with van der Waals surface area (Å²) in [6.07, 6.45) is 10.5. The highest BCUT2D eigenvalue weighted by molar-refractivity contribution is 6.30. The lowest BCUT2D eigenvalue weighted by Gasteiger charge is -2.41. The fourth-order valence-electron chi connectivity index (χ4n) is 8.29. The summed E-state index contributed by atoms with van der Waals surface area (Å²) in [4.78, 5) is 50.9. The van der Waals surface area contributed by atoms with Gasteiger partial charge in [-0.05, 0) is 102 Å². The number of hydrogen-bond acceptors (Lipinski definition) is 5. The van der Waals surface area contributed by atoms with E-state index in [1.807, 2.05) is 55.3 Å². The second kappa shape index (κ2) is 12.6. The molecule has 0 N–H and O–H groups in total. The minimum absolute atomic E-state index is 0.0111. The normalized spacial score (nSPS) is 29.8. The van der Waals surface area contributed by atoms with Crippen molar-refractivity contribution in [1.29, 1.82) is 0 Å². The van der Waals surface area contributed by atoms with E-state index in [1.54, 1.807) is 4.90 Å². The highest BCUT2D eigenvalue weighted by Crippen LogP contribution is 2.57.